The highest BCUT2D eigenvalue weighted by Gasteiger charge is 2.27. The van der Waals surface area contributed by atoms with Crippen molar-refractivity contribution in [3.8, 4) is 0 Å². The Kier molecular flexibility index (Phi) is 6.31. The van der Waals surface area contributed by atoms with Gasteiger partial charge in [-0.25, -0.2) is 4.79 Å². The Balaban J connectivity index is 2.12. The van der Waals surface area contributed by atoms with Crippen molar-refractivity contribution in [1.29, 1.82) is 0 Å². The number of nitrogens with zero attached hydrogens (tertiary/aromatic N) is 1. The molecule has 0 radical (unpaired) electrons. The first kappa shape index (κ1) is 18.7. The first-order valence-corrected chi connectivity index (χ1v) is 8.13. The van der Waals surface area contributed by atoms with Crippen LogP contribution in [0.4, 0.5) is 5.69 Å². The van der Waals surface area contributed by atoms with Crippen LogP contribution < -0.4 is 5.32 Å². The monoisotopic (exact) mass is 340 g/mol. The summed E-state index contributed by atoms with van der Waals surface area (Å²) in [6.07, 6.45) is 0. The molecule has 0 saturated heterocycles. The van der Waals surface area contributed by atoms with Crippen molar-refractivity contribution in [2.45, 2.75) is 19.9 Å². The maximum Gasteiger partial charge on any atom is 0.327 e. The van der Waals surface area contributed by atoms with Crippen LogP contribution in [-0.2, 0) is 14.3 Å². The number of anilines is 1. The standard InChI is InChI=1S/C20H24N2O3/c1-14-9-8-12-17(15(14)2)21-18(23)13-22(3)19(20(24)25-4)16-10-6-5-7-11-16/h5-12,19H,13H2,1-4H3,(H,21,23)/t19-/m1/s1. The van der Waals surface area contributed by atoms with E-state index in [-0.39, 0.29) is 12.5 Å². The van der Waals surface area contributed by atoms with Crippen LogP contribution in [0.25, 0.3) is 0 Å². The zero-order chi connectivity index (χ0) is 18.4. The van der Waals surface area contributed by atoms with Crippen LogP contribution in [-0.4, -0.2) is 37.5 Å². The van der Waals surface area contributed by atoms with Gasteiger partial charge in [0.1, 0.15) is 6.04 Å². The summed E-state index contributed by atoms with van der Waals surface area (Å²) in [5.41, 5.74) is 3.72. The molecule has 0 aliphatic rings. The van der Waals surface area contributed by atoms with Gasteiger partial charge < -0.3 is 10.1 Å². The molecule has 0 aromatic heterocycles. The lowest BCUT2D eigenvalue weighted by atomic mass is 10.1. The summed E-state index contributed by atoms with van der Waals surface area (Å²) in [6, 6.07) is 14.4. The summed E-state index contributed by atoms with van der Waals surface area (Å²) < 4.78 is 4.91. The smallest absolute Gasteiger partial charge is 0.327 e. The number of benzene rings is 2. The molecule has 5 nitrogen and oxygen atoms in total. The summed E-state index contributed by atoms with van der Waals surface area (Å²) in [4.78, 5) is 26.3. The summed E-state index contributed by atoms with van der Waals surface area (Å²) in [5.74, 6) is -0.575. The second kappa shape index (κ2) is 8.44. The fourth-order valence-corrected chi connectivity index (χ4v) is 2.71. The Bertz CT molecular complexity index is 744. The number of carbonyl (C=O) groups excluding carboxylic acids is 2. The van der Waals surface area contributed by atoms with Crippen molar-refractivity contribution in [2.24, 2.45) is 0 Å². The summed E-state index contributed by atoms with van der Waals surface area (Å²) in [6.45, 7) is 4.04. The van der Waals surface area contributed by atoms with E-state index in [0.29, 0.717) is 0 Å². The molecule has 0 aliphatic carbocycles. The molecule has 0 fully saturated rings. The fourth-order valence-electron chi connectivity index (χ4n) is 2.71. The minimum absolute atomic E-state index is 0.0715. The average Bonchev–Trinajstić information content (AvgIpc) is 2.59. The molecule has 0 aliphatic heterocycles. The van der Waals surface area contributed by atoms with Crippen LogP contribution in [0.3, 0.4) is 0 Å². The van der Waals surface area contributed by atoms with Crippen molar-refractivity contribution < 1.29 is 14.3 Å². The van der Waals surface area contributed by atoms with Gasteiger partial charge in [0.05, 0.1) is 13.7 Å². The molecular weight excluding hydrogens is 316 g/mol. The minimum atomic E-state index is -0.629. The Morgan fingerprint density at radius 1 is 1.08 bits per heavy atom. The van der Waals surface area contributed by atoms with Gasteiger partial charge in [0.25, 0.3) is 0 Å². The summed E-state index contributed by atoms with van der Waals surface area (Å²) in [7, 11) is 3.08. The molecule has 5 heteroatoms. The first-order chi connectivity index (χ1) is 11.9. The highest BCUT2D eigenvalue weighted by molar-refractivity contribution is 5.93. The third-order valence-corrected chi connectivity index (χ3v) is 4.25. The van der Waals surface area contributed by atoms with E-state index in [0.717, 1.165) is 22.4 Å². The number of hydrogen-bond acceptors (Lipinski definition) is 4. The van der Waals surface area contributed by atoms with Crippen LogP contribution in [0, 0.1) is 13.8 Å². The predicted molar refractivity (Wildman–Crippen MR) is 98.4 cm³/mol. The number of rotatable bonds is 6. The molecule has 25 heavy (non-hydrogen) atoms. The van der Waals surface area contributed by atoms with Crippen molar-refractivity contribution in [1.82, 2.24) is 4.90 Å². The number of ether oxygens (including phenoxy) is 1. The number of aryl methyl sites for hydroxylation is 1. The Morgan fingerprint density at radius 2 is 1.76 bits per heavy atom. The van der Waals surface area contributed by atoms with E-state index in [2.05, 4.69) is 5.32 Å². The van der Waals surface area contributed by atoms with Crippen LogP contribution in [0.2, 0.25) is 0 Å². The highest BCUT2D eigenvalue weighted by Crippen LogP contribution is 2.21. The van der Waals surface area contributed by atoms with Gasteiger partial charge in [-0.1, -0.05) is 42.5 Å². The van der Waals surface area contributed by atoms with Crippen molar-refractivity contribution in [2.75, 3.05) is 26.0 Å². The quantitative estimate of drug-likeness (QED) is 0.821. The molecule has 1 amide bonds. The second-order valence-corrected chi connectivity index (χ2v) is 6.05. The number of esters is 1. The fraction of sp³-hybridized carbons (Fsp3) is 0.300. The molecule has 0 bridgehead atoms. The van der Waals surface area contributed by atoms with Crippen LogP contribution in [0.15, 0.2) is 48.5 Å². The van der Waals surface area contributed by atoms with Gasteiger partial charge >= 0.3 is 5.97 Å². The summed E-state index contributed by atoms with van der Waals surface area (Å²) in [5, 5.41) is 2.91. The zero-order valence-corrected chi connectivity index (χ0v) is 15.1. The lowest BCUT2D eigenvalue weighted by molar-refractivity contribution is -0.147. The van der Waals surface area contributed by atoms with Crippen molar-refractivity contribution in [3.05, 3.63) is 65.2 Å². The number of nitrogens with one attached hydrogen (secondary N) is 1. The van der Waals surface area contributed by atoms with Crippen LogP contribution >= 0.6 is 0 Å². The molecule has 0 spiro atoms. The van der Waals surface area contributed by atoms with E-state index in [4.69, 9.17) is 4.74 Å². The number of amides is 1. The molecule has 1 N–H and O–H groups in total. The Hall–Kier alpha value is -2.66. The van der Waals surface area contributed by atoms with E-state index < -0.39 is 12.0 Å². The average molecular weight is 340 g/mol. The van der Waals surface area contributed by atoms with E-state index in [1.807, 2.05) is 62.4 Å². The van der Waals surface area contributed by atoms with Crippen LogP contribution in [0.5, 0.6) is 0 Å². The van der Waals surface area contributed by atoms with Gasteiger partial charge in [0.15, 0.2) is 0 Å². The normalized spacial score (nSPS) is 11.9. The van der Waals surface area contributed by atoms with E-state index in [9.17, 15) is 9.59 Å². The molecule has 0 heterocycles. The van der Waals surface area contributed by atoms with E-state index in [1.165, 1.54) is 7.11 Å². The molecule has 2 aromatic rings. The van der Waals surface area contributed by atoms with E-state index in [1.54, 1.807) is 11.9 Å². The molecular formula is C20H24N2O3. The highest BCUT2D eigenvalue weighted by atomic mass is 16.5. The Labute approximate surface area is 148 Å². The number of hydrogen-bond donors (Lipinski definition) is 1. The maximum absolute atomic E-state index is 12.4. The van der Waals surface area contributed by atoms with Gasteiger partial charge in [-0.2, -0.15) is 0 Å². The van der Waals surface area contributed by atoms with Crippen molar-refractivity contribution >= 4 is 17.6 Å². The molecule has 1 atom stereocenters. The minimum Gasteiger partial charge on any atom is -0.468 e. The first-order valence-electron chi connectivity index (χ1n) is 8.13. The number of methoxy groups -OCH3 is 1. The zero-order valence-electron chi connectivity index (χ0n) is 15.1. The number of likely N-dealkylation sites (N-methyl/N-ethyl adjacent to an activating group) is 1. The summed E-state index contributed by atoms with van der Waals surface area (Å²) >= 11 is 0. The molecule has 2 aromatic carbocycles. The lowest BCUT2D eigenvalue weighted by Crippen LogP contribution is -2.37. The Morgan fingerprint density at radius 3 is 2.40 bits per heavy atom. The third-order valence-electron chi connectivity index (χ3n) is 4.25. The SMILES string of the molecule is COC(=O)[C@@H](c1ccccc1)N(C)CC(=O)Nc1cccc(C)c1C. The van der Waals surface area contributed by atoms with Gasteiger partial charge in [-0.05, 0) is 43.7 Å². The molecule has 0 unspecified atom stereocenters. The second-order valence-electron chi connectivity index (χ2n) is 6.05. The van der Waals surface area contributed by atoms with E-state index >= 15 is 0 Å². The molecule has 132 valence electrons. The third kappa shape index (κ3) is 4.67. The van der Waals surface area contributed by atoms with Crippen molar-refractivity contribution in [3.63, 3.8) is 0 Å². The van der Waals surface area contributed by atoms with Gasteiger partial charge in [-0.3, -0.25) is 9.69 Å². The number of carbonyl (C=O) groups is 2. The van der Waals surface area contributed by atoms with Gasteiger partial charge in [-0.15, -0.1) is 0 Å². The topological polar surface area (TPSA) is 58.6 Å². The molecule has 2 rings (SSSR count). The lowest BCUT2D eigenvalue weighted by Gasteiger charge is -2.25. The largest absolute Gasteiger partial charge is 0.468 e. The van der Waals surface area contributed by atoms with Gasteiger partial charge in [0, 0.05) is 5.69 Å². The predicted octanol–water partition coefficient (Wildman–Crippen LogP) is 3.09. The van der Waals surface area contributed by atoms with Crippen LogP contribution in [0.1, 0.15) is 22.7 Å². The maximum atomic E-state index is 12.4. The van der Waals surface area contributed by atoms with Gasteiger partial charge in [0.2, 0.25) is 5.91 Å². The molecule has 0 saturated carbocycles.